The van der Waals surface area contributed by atoms with Gasteiger partial charge in [0.25, 0.3) is 0 Å². The van der Waals surface area contributed by atoms with Crippen LogP contribution in [-0.2, 0) is 32.6 Å². The third-order valence-corrected chi connectivity index (χ3v) is 8.72. The minimum Gasteiger partial charge on any atom is -0.468 e. The molecule has 0 aliphatic heterocycles. The maximum absolute atomic E-state index is 13.7. The van der Waals surface area contributed by atoms with Gasteiger partial charge in [0.1, 0.15) is 6.04 Å². The Balaban J connectivity index is 1.93. The molecular formula is C22H31BrN4O4S. The second kappa shape index (κ2) is 10.9. The minimum absolute atomic E-state index is 0.0771. The van der Waals surface area contributed by atoms with Crippen LogP contribution in [0.4, 0.5) is 0 Å². The third-order valence-electron chi connectivity index (χ3n) is 5.88. The van der Waals surface area contributed by atoms with Crippen LogP contribution in [0.15, 0.2) is 39.8 Å². The number of hydrogen-bond acceptors (Lipinski definition) is 6. The van der Waals surface area contributed by atoms with Crippen molar-refractivity contribution in [3.05, 3.63) is 40.6 Å². The number of halogens is 1. The van der Waals surface area contributed by atoms with Crippen LogP contribution in [0.25, 0.3) is 0 Å². The van der Waals surface area contributed by atoms with Gasteiger partial charge in [0, 0.05) is 17.2 Å². The molecule has 2 aromatic rings. The molecule has 0 saturated heterocycles. The third kappa shape index (κ3) is 5.77. The highest BCUT2D eigenvalue weighted by molar-refractivity contribution is 9.10. The highest BCUT2D eigenvalue weighted by Crippen LogP contribution is 2.30. The number of ether oxygens (including phenoxy) is 1. The van der Waals surface area contributed by atoms with Crippen molar-refractivity contribution in [2.75, 3.05) is 7.11 Å². The van der Waals surface area contributed by atoms with Gasteiger partial charge in [-0.05, 0) is 52.7 Å². The van der Waals surface area contributed by atoms with Crippen LogP contribution in [0.5, 0.6) is 0 Å². The summed E-state index contributed by atoms with van der Waals surface area (Å²) in [4.78, 5) is 12.7. The number of carbonyl (C=O) groups is 1. The fourth-order valence-electron chi connectivity index (χ4n) is 4.25. The first-order chi connectivity index (χ1) is 15.2. The van der Waals surface area contributed by atoms with E-state index >= 15 is 0 Å². The second-order valence-corrected chi connectivity index (χ2v) is 11.3. The molecule has 1 heterocycles. The van der Waals surface area contributed by atoms with E-state index in [1.54, 1.807) is 42.9 Å². The summed E-state index contributed by atoms with van der Waals surface area (Å²) in [6.07, 6.45) is 7.89. The number of rotatable bonds is 9. The molecule has 0 amide bonds. The Morgan fingerprint density at radius 1 is 1.25 bits per heavy atom. The van der Waals surface area contributed by atoms with Crippen molar-refractivity contribution >= 4 is 31.9 Å². The zero-order valence-electron chi connectivity index (χ0n) is 18.8. The van der Waals surface area contributed by atoms with Crippen molar-refractivity contribution in [2.45, 2.75) is 70.0 Å². The summed E-state index contributed by atoms with van der Waals surface area (Å²) in [5, 5.41) is 8.45. The molecule has 0 radical (unpaired) electrons. The van der Waals surface area contributed by atoms with Gasteiger partial charge in [-0.25, -0.2) is 8.42 Å². The van der Waals surface area contributed by atoms with Crippen molar-refractivity contribution in [3.63, 3.8) is 0 Å². The molecular weight excluding hydrogens is 496 g/mol. The zero-order valence-corrected chi connectivity index (χ0v) is 21.2. The molecule has 32 heavy (non-hydrogen) atoms. The molecule has 0 spiro atoms. The number of nitrogens with zero attached hydrogens (tertiary/aromatic N) is 4. The molecule has 1 aliphatic carbocycles. The van der Waals surface area contributed by atoms with E-state index in [1.165, 1.54) is 49.6 Å². The maximum Gasteiger partial charge on any atom is 0.324 e. The number of sulfonamides is 1. The molecule has 0 unspecified atom stereocenters. The van der Waals surface area contributed by atoms with Crippen LogP contribution >= 0.6 is 15.9 Å². The monoisotopic (exact) mass is 526 g/mol. The number of benzene rings is 1. The average molecular weight is 527 g/mol. The van der Waals surface area contributed by atoms with Crippen LogP contribution < -0.4 is 0 Å². The van der Waals surface area contributed by atoms with Gasteiger partial charge in [0.2, 0.25) is 10.0 Å². The van der Waals surface area contributed by atoms with E-state index in [0.717, 1.165) is 6.54 Å². The Labute approximate surface area is 198 Å². The lowest BCUT2D eigenvalue weighted by molar-refractivity contribution is -0.146. The smallest absolute Gasteiger partial charge is 0.324 e. The maximum atomic E-state index is 13.7. The van der Waals surface area contributed by atoms with E-state index < -0.39 is 22.0 Å². The van der Waals surface area contributed by atoms with Crippen LogP contribution in [0, 0.1) is 11.8 Å². The summed E-state index contributed by atoms with van der Waals surface area (Å²) in [7, 11) is -2.77. The molecule has 176 valence electrons. The van der Waals surface area contributed by atoms with Crippen LogP contribution in [0.2, 0.25) is 0 Å². The molecule has 1 aromatic heterocycles. The Morgan fingerprint density at radius 3 is 2.56 bits per heavy atom. The number of esters is 1. The Bertz CT molecular complexity index is 1020. The zero-order chi connectivity index (χ0) is 23.3. The molecule has 0 bridgehead atoms. The quantitative estimate of drug-likeness (QED) is 0.458. The van der Waals surface area contributed by atoms with Crippen molar-refractivity contribution in [2.24, 2.45) is 11.8 Å². The molecule has 3 rings (SSSR count). The molecule has 8 nitrogen and oxygen atoms in total. The highest BCUT2D eigenvalue weighted by Gasteiger charge is 2.40. The van der Waals surface area contributed by atoms with Gasteiger partial charge < -0.3 is 4.74 Å². The SMILES string of the molecule is COC(=O)[C@H](C(C)C)N(Cc1cn(CC2CCCCC2)nn1)S(=O)(=O)c1ccccc1Br. The number of carbonyl (C=O) groups excluding carboxylic acids is 1. The van der Waals surface area contributed by atoms with Crippen molar-refractivity contribution in [1.82, 2.24) is 19.3 Å². The predicted octanol–water partition coefficient (Wildman–Crippen LogP) is 4.01. The Hall–Kier alpha value is -1.78. The molecule has 1 aliphatic rings. The van der Waals surface area contributed by atoms with Crippen molar-refractivity contribution in [1.29, 1.82) is 0 Å². The average Bonchev–Trinajstić information content (AvgIpc) is 3.20. The highest BCUT2D eigenvalue weighted by atomic mass is 79.9. The molecule has 10 heteroatoms. The van der Waals surface area contributed by atoms with Gasteiger partial charge in [-0.3, -0.25) is 9.48 Å². The van der Waals surface area contributed by atoms with Crippen LogP contribution in [-0.4, -0.2) is 46.8 Å². The van der Waals surface area contributed by atoms with E-state index in [9.17, 15) is 13.2 Å². The lowest BCUT2D eigenvalue weighted by Crippen LogP contribution is -2.48. The summed E-state index contributed by atoms with van der Waals surface area (Å²) in [5.74, 6) is -0.348. The lowest BCUT2D eigenvalue weighted by atomic mass is 9.89. The first-order valence-corrected chi connectivity index (χ1v) is 13.2. The summed E-state index contributed by atoms with van der Waals surface area (Å²) in [6, 6.07) is 5.57. The van der Waals surface area contributed by atoms with E-state index in [1.807, 2.05) is 0 Å². The van der Waals surface area contributed by atoms with Gasteiger partial charge in [-0.2, -0.15) is 4.31 Å². The molecule has 1 saturated carbocycles. The molecule has 1 fully saturated rings. The summed E-state index contributed by atoms with van der Waals surface area (Å²) in [5.41, 5.74) is 0.492. The van der Waals surface area contributed by atoms with Gasteiger partial charge in [-0.1, -0.05) is 50.5 Å². The largest absolute Gasteiger partial charge is 0.468 e. The van der Waals surface area contributed by atoms with Crippen LogP contribution in [0.3, 0.4) is 0 Å². The van der Waals surface area contributed by atoms with Crippen molar-refractivity contribution in [3.8, 4) is 0 Å². The number of hydrogen-bond donors (Lipinski definition) is 0. The summed E-state index contributed by atoms with van der Waals surface area (Å²) >= 11 is 3.33. The fourth-order valence-corrected chi connectivity index (χ4v) is 6.90. The van der Waals surface area contributed by atoms with Crippen LogP contribution in [0.1, 0.15) is 51.6 Å². The van der Waals surface area contributed by atoms with E-state index in [4.69, 9.17) is 4.74 Å². The lowest BCUT2D eigenvalue weighted by Gasteiger charge is -2.31. The summed E-state index contributed by atoms with van der Waals surface area (Å²) in [6.45, 7) is 4.29. The molecule has 0 N–H and O–H groups in total. The topological polar surface area (TPSA) is 94.4 Å². The Kier molecular flexibility index (Phi) is 8.46. The Morgan fingerprint density at radius 2 is 1.94 bits per heavy atom. The normalized spacial score (nSPS) is 16.4. The van der Waals surface area contributed by atoms with Gasteiger partial charge in [0.05, 0.1) is 24.2 Å². The van der Waals surface area contributed by atoms with Gasteiger partial charge >= 0.3 is 5.97 Å². The van der Waals surface area contributed by atoms with Gasteiger partial charge in [-0.15, -0.1) is 5.10 Å². The second-order valence-electron chi connectivity index (χ2n) is 8.63. The van der Waals surface area contributed by atoms with E-state index in [2.05, 4.69) is 26.2 Å². The van der Waals surface area contributed by atoms with Crippen molar-refractivity contribution < 1.29 is 17.9 Å². The minimum atomic E-state index is -4.04. The predicted molar refractivity (Wildman–Crippen MR) is 124 cm³/mol. The number of methoxy groups -OCH3 is 1. The molecule has 1 aromatic carbocycles. The van der Waals surface area contributed by atoms with E-state index in [-0.39, 0.29) is 17.4 Å². The van der Waals surface area contributed by atoms with E-state index in [0.29, 0.717) is 16.1 Å². The van der Waals surface area contributed by atoms with Gasteiger partial charge in [0.15, 0.2) is 0 Å². The standard InChI is InChI=1S/C22H31BrN4O4S/c1-16(2)21(22(28)31-3)27(32(29,30)20-12-8-7-11-19(20)23)15-18-14-26(25-24-18)13-17-9-5-4-6-10-17/h7-8,11-12,14,16-17,21H,4-6,9-10,13,15H2,1-3H3/t21-/m0/s1. The fraction of sp³-hybridized carbons (Fsp3) is 0.591. The molecule has 1 atom stereocenters. The first kappa shape index (κ1) is 24.9. The summed E-state index contributed by atoms with van der Waals surface area (Å²) < 4.78 is 35.7. The number of aromatic nitrogens is 3. The first-order valence-electron chi connectivity index (χ1n) is 11.0.